The fourth-order valence-corrected chi connectivity index (χ4v) is 2.60. The summed E-state index contributed by atoms with van der Waals surface area (Å²) in [4.78, 5) is 13.6. The second-order valence-corrected chi connectivity index (χ2v) is 4.68. The maximum Gasteiger partial charge on any atom is 0.227 e. The number of carbonyl (C=O) groups is 1. The monoisotopic (exact) mass is 315 g/mol. The lowest BCUT2D eigenvalue weighted by Gasteiger charge is -2.19. The summed E-state index contributed by atoms with van der Waals surface area (Å²) < 4.78 is 0.957. The third-order valence-corrected chi connectivity index (χ3v) is 3.56. The molecule has 1 heterocycles. The van der Waals surface area contributed by atoms with Crippen LogP contribution in [0.1, 0.15) is 24.0 Å². The highest BCUT2D eigenvalue weighted by Crippen LogP contribution is 2.27. The van der Waals surface area contributed by atoms with E-state index in [1.54, 1.807) is 0 Å². The normalized spacial score (nSPS) is 16.1. The van der Waals surface area contributed by atoms with Crippen LogP contribution in [-0.4, -0.2) is 12.5 Å². The summed E-state index contributed by atoms with van der Waals surface area (Å²) in [6.07, 6.45) is 1.70. The van der Waals surface area contributed by atoms with E-state index in [1.165, 1.54) is 11.1 Å². The van der Waals surface area contributed by atoms with E-state index in [0.717, 1.165) is 23.1 Å². The Kier molecular flexibility index (Phi) is 3.29. The summed E-state index contributed by atoms with van der Waals surface area (Å²) in [5, 5.41) is 0. The molecular formula is C12H14INO. The summed E-state index contributed by atoms with van der Waals surface area (Å²) in [6, 6.07) is 6.33. The van der Waals surface area contributed by atoms with E-state index in [1.807, 2.05) is 4.90 Å². The predicted octanol–water partition coefficient (Wildman–Crippen LogP) is 3.06. The Morgan fingerprint density at radius 3 is 2.87 bits per heavy atom. The Bertz CT molecular complexity index is 389. The van der Waals surface area contributed by atoms with Crippen molar-refractivity contribution < 1.29 is 4.79 Å². The van der Waals surface area contributed by atoms with Crippen molar-refractivity contribution in [2.45, 2.75) is 24.2 Å². The molecule has 0 aliphatic carbocycles. The van der Waals surface area contributed by atoms with Crippen LogP contribution in [-0.2, 0) is 9.22 Å². The van der Waals surface area contributed by atoms with Gasteiger partial charge in [0.2, 0.25) is 5.91 Å². The van der Waals surface area contributed by atoms with Crippen molar-refractivity contribution in [3.63, 3.8) is 0 Å². The van der Waals surface area contributed by atoms with Crippen molar-refractivity contribution in [2.24, 2.45) is 0 Å². The Hall–Kier alpha value is -0.580. The summed E-state index contributed by atoms with van der Waals surface area (Å²) in [5.41, 5.74) is 3.64. The Labute approximate surface area is 104 Å². The lowest BCUT2D eigenvalue weighted by atomic mass is 10.1. The minimum atomic E-state index is 0.268. The number of aryl methyl sites for hydroxylation is 1. The first-order valence-electron chi connectivity index (χ1n) is 5.18. The molecule has 0 unspecified atom stereocenters. The van der Waals surface area contributed by atoms with E-state index >= 15 is 0 Å². The van der Waals surface area contributed by atoms with Crippen molar-refractivity contribution >= 4 is 34.2 Å². The molecule has 2 rings (SSSR count). The highest BCUT2D eigenvalue weighted by molar-refractivity contribution is 14.1. The number of hydrogen-bond donors (Lipinski definition) is 0. The lowest BCUT2D eigenvalue weighted by Crippen LogP contribution is -2.24. The molecule has 0 atom stereocenters. The largest absolute Gasteiger partial charge is 0.312 e. The van der Waals surface area contributed by atoms with Crippen LogP contribution in [0.5, 0.6) is 0 Å². The van der Waals surface area contributed by atoms with E-state index < -0.39 is 0 Å². The fraction of sp³-hybridized carbons (Fsp3) is 0.417. The molecule has 3 heteroatoms. The number of rotatable bonds is 2. The van der Waals surface area contributed by atoms with Gasteiger partial charge in [-0.2, -0.15) is 0 Å². The molecule has 0 aromatic heterocycles. The topological polar surface area (TPSA) is 20.3 Å². The molecule has 15 heavy (non-hydrogen) atoms. The van der Waals surface area contributed by atoms with E-state index in [0.29, 0.717) is 6.42 Å². The summed E-state index contributed by atoms with van der Waals surface area (Å²) >= 11 is 2.35. The molecule has 80 valence electrons. The maximum atomic E-state index is 11.7. The molecule has 1 fully saturated rings. The van der Waals surface area contributed by atoms with Crippen LogP contribution in [0.3, 0.4) is 0 Å². The van der Waals surface area contributed by atoms with Crippen LogP contribution < -0.4 is 4.90 Å². The maximum absolute atomic E-state index is 11.7. The minimum Gasteiger partial charge on any atom is -0.312 e. The van der Waals surface area contributed by atoms with Crippen molar-refractivity contribution in [2.75, 3.05) is 11.4 Å². The fourth-order valence-electron chi connectivity index (χ4n) is 1.99. The SMILES string of the molecule is Cc1ccc(N2CCCC2=O)c(CI)c1. The van der Waals surface area contributed by atoms with Gasteiger partial charge in [-0.1, -0.05) is 40.3 Å². The number of alkyl halides is 1. The predicted molar refractivity (Wildman–Crippen MR) is 70.5 cm³/mol. The second-order valence-electron chi connectivity index (χ2n) is 3.91. The molecule has 1 saturated heterocycles. The van der Waals surface area contributed by atoms with Gasteiger partial charge >= 0.3 is 0 Å². The Morgan fingerprint density at radius 1 is 1.47 bits per heavy atom. The lowest BCUT2D eigenvalue weighted by molar-refractivity contribution is -0.117. The minimum absolute atomic E-state index is 0.268. The van der Waals surface area contributed by atoms with E-state index in [4.69, 9.17) is 0 Å². The molecule has 0 bridgehead atoms. The second kappa shape index (κ2) is 4.51. The van der Waals surface area contributed by atoms with Crippen molar-refractivity contribution in [3.8, 4) is 0 Å². The average Bonchev–Trinajstić information content (AvgIpc) is 2.64. The number of halogens is 1. The first-order valence-corrected chi connectivity index (χ1v) is 6.71. The van der Waals surface area contributed by atoms with Gasteiger partial charge in [0.1, 0.15) is 0 Å². The summed E-state index contributed by atoms with van der Waals surface area (Å²) in [6.45, 7) is 2.97. The Balaban J connectivity index is 2.38. The van der Waals surface area contributed by atoms with Crippen LogP contribution in [0.4, 0.5) is 5.69 Å². The summed E-state index contributed by atoms with van der Waals surface area (Å²) in [5.74, 6) is 0.268. The first-order chi connectivity index (χ1) is 7.22. The van der Waals surface area contributed by atoms with Gasteiger partial charge in [-0.05, 0) is 25.0 Å². The van der Waals surface area contributed by atoms with Crippen LogP contribution in [0.15, 0.2) is 18.2 Å². The Morgan fingerprint density at radius 2 is 2.27 bits per heavy atom. The smallest absolute Gasteiger partial charge is 0.227 e. The van der Waals surface area contributed by atoms with E-state index in [9.17, 15) is 4.79 Å². The van der Waals surface area contributed by atoms with Gasteiger partial charge in [0.15, 0.2) is 0 Å². The number of anilines is 1. The average molecular weight is 315 g/mol. The van der Waals surface area contributed by atoms with Gasteiger partial charge in [-0.15, -0.1) is 0 Å². The standard InChI is InChI=1S/C12H14INO/c1-9-4-5-11(10(7-9)8-13)14-6-2-3-12(14)15/h4-5,7H,2-3,6,8H2,1H3. The molecule has 0 spiro atoms. The van der Waals surface area contributed by atoms with Gasteiger partial charge in [0.05, 0.1) is 0 Å². The quantitative estimate of drug-likeness (QED) is 0.607. The van der Waals surface area contributed by atoms with Crippen LogP contribution >= 0.6 is 22.6 Å². The molecule has 2 nitrogen and oxygen atoms in total. The molecule has 0 saturated carbocycles. The number of benzene rings is 1. The van der Waals surface area contributed by atoms with Crippen LogP contribution in [0.2, 0.25) is 0 Å². The van der Waals surface area contributed by atoms with Crippen LogP contribution in [0, 0.1) is 6.92 Å². The molecule has 1 aromatic rings. The van der Waals surface area contributed by atoms with Crippen molar-refractivity contribution in [1.29, 1.82) is 0 Å². The highest BCUT2D eigenvalue weighted by Gasteiger charge is 2.23. The zero-order valence-corrected chi connectivity index (χ0v) is 11.0. The number of nitrogens with zero attached hydrogens (tertiary/aromatic N) is 1. The van der Waals surface area contributed by atoms with Crippen molar-refractivity contribution in [3.05, 3.63) is 29.3 Å². The number of amides is 1. The van der Waals surface area contributed by atoms with Crippen LogP contribution in [0.25, 0.3) is 0 Å². The number of hydrogen-bond acceptors (Lipinski definition) is 1. The van der Waals surface area contributed by atoms with Gasteiger partial charge < -0.3 is 4.90 Å². The molecule has 1 amide bonds. The molecule has 0 N–H and O–H groups in total. The highest BCUT2D eigenvalue weighted by atomic mass is 127. The molecule has 1 aliphatic rings. The van der Waals surface area contributed by atoms with Gasteiger partial charge in [-0.25, -0.2) is 0 Å². The van der Waals surface area contributed by atoms with E-state index in [2.05, 4.69) is 47.7 Å². The molecule has 1 aromatic carbocycles. The summed E-state index contributed by atoms with van der Waals surface area (Å²) in [7, 11) is 0. The zero-order chi connectivity index (χ0) is 10.8. The van der Waals surface area contributed by atoms with E-state index in [-0.39, 0.29) is 5.91 Å². The van der Waals surface area contributed by atoms with Gasteiger partial charge in [0.25, 0.3) is 0 Å². The van der Waals surface area contributed by atoms with Gasteiger partial charge in [0, 0.05) is 23.1 Å². The molecular weight excluding hydrogens is 301 g/mol. The van der Waals surface area contributed by atoms with Crippen molar-refractivity contribution in [1.82, 2.24) is 0 Å². The number of carbonyl (C=O) groups excluding carboxylic acids is 1. The first kappa shape index (κ1) is 10.9. The van der Waals surface area contributed by atoms with Gasteiger partial charge in [-0.3, -0.25) is 4.79 Å². The zero-order valence-electron chi connectivity index (χ0n) is 8.79. The molecule has 1 aliphatic heterocycles. The third kappa shape index (κ3) is 2.17. The third-order valence-electron chi connectivity index (χ3n) is 2.74. The molecule has 0 radical (unpaired) electrons.